The van der Waals surface area contributed by atoms with Crippen molar-refractivity contribution < 1.29 is 23.7 Å². The van der Waals surface area contributed by atoms with Gasteiger partial charge in [0.2, 0.25) is 5.75 Å². The number of carbonyl (C=O) groups excluding carboxylic acids is 1. The average molecular weight is 332 g/mol. The maximum Gasteiger partial charge on any atom is 0.203 e. The van der Waals surface area contributed by atoms with Gasteiger partial charge in [-0.3, -0.25) is 4.79 Å². The van der Waals surface area contributed by atoms with Crippen LogP contribution < -0.4 is 14.2 Å². The quantitative estimate of drug-likeness (QED) is 0.588. The van der Waals surface area contributed by atoms with E-state index in [1.807, 2.05) is 26.0 Å². The normalized spacial score (nSPS) is 19.0. The molecule has 0 radical (unpaired) electrons. The third-order valence-corrected chi connectivity index (χ3v) is 4.05. The predicted molar refractivity (Wildman–Crippen MR) is 91.9 cm³/mol. The third kappa shape index (κ3) is 3.40. The first-order valence-electron chi connectivity index (χ1n) is 7.89. The summed E-state index contributed by atoms with van der Waals surface area (Å²) in [6.07, 6.45) is 3.94. The maximum absolute atomic E-state index is 12.5. The molecule has 1 aromatic carbocycles. The molecule has 0 bridgehead atoms. The molecule has 0 saturated heterocycles. The third-order valence-electron chi connectivity index (χ3n) is 4.05. The summed E-state index contributed by atoms with van der Waals surface area (Å²) in [5.74, 6) is 1.50. The van der Waals surface area contributed by atoms with Crippen molar-refractivity contribution in [2.75, 3.05) is 27.9 Å². The Morgan fingerprint density at radius 1 is 1.12 bits per heavy atom. The van der Waals surface area contributed by atoms with Crippen molar-refractivity contribution in [2.24, 2.45) is 0 Å². The highest BCUT2D eigenvalue weighted by Crippen LogP contribution is 2.47. The molecule has 1 aromatic rings. The molecular formula is C19H24O5. The molecule has 0 heterocycles. The van der Waals surface area contributed by atoms with Crippen LogP contribution in [0.15, 0.2) is 35.6 Å². The zero-order valence-electron chi connectivity index (χ0n) is 14.8. The number of ether oxygens (including phenoxy) is 4. The Morgan fingerprint density at radius 3 is 2.42 bits per heavy atom. The number of carbonyl (C=O) groups is 1. The van der Waals surface area contributed by atoms with Gasteiger partial charge in [0.25, 0.3) is 0 Å². The molecule has 0 amide bonds. The molecule has 0 unspecified atom stereocenters. The van der Waals surface area contributed by atoms with Gasteiger partial charge in [0.15, 0.2) is 17.3 Å². The number of ketones is 1. The summed E-state index contributed by atoms with van der Waals surface area (Å²) in [4.78, 5) is 12.5. The van der Waals surface area contributed by atoms with Gasteiger partial charge in [-0.25, -0.2) is 0 Å². The Kier molecular flexibility index (Phi) is 5.90. The fourth-order valence-electron chi connectivity index (χ4n) is 2.96. The lowest BCUT2D eigenvalue weighted by Gasteiger charge is -2.26. The molecule has 5 nitrogen and oxygen atoms in total. The van der Waals surface area contributed by atoms with E-state index in [1.165, 1.54) is 0 Å². The van der Waals surface area contributed by atoms with Gasteiger partial charge in [-0.05, 0) is 32.4 Å². The van der Waals surface area contributed by atoms with E-state index in [0.29, 0.717) is 29.4 Å². The van der Waals surface area contributed by atoms with Crippen molar-refractivity contribution in [3.05, 3.63) is 41.2 Å². The molecular weight excluding hydrogens is 308 g/mol. The minimum atomic E-state index is -0.149. The van der Waals surface area contributed by atoms with Gasteiger partial charge in [-0.1, -0.05) is 11.6 Å². The van der Waals surface area contributed by atoms with Crippen molar-refractivity contribution in [3.63, 3.8) is 0 Å². The summed E-state index contributed by atoms with van der Waals surface area (Å²) in [6, 6.07) is 3.74. The van der Waals surface area contributed by atoms with Crippen LogP contribution in [0.3, 0.4) is 0 Å². The lowest BCUT2D eigenvalue weighted by atomic mass is 9.79. The number of methoxy groups -OCH3 is 3. The standard InChI is InChI=1S/C19H24O5/c1-6-24-11-15-14(9-12(2)10-16(15)20)13-7-8-17(21-3)19(23-5)18(13)22-4/h7-8,10-11,14H,6,9H2,1-5H3/b15-11+/t14-/m1/s1. The zero-order chi connectivity index (χ0) is 17.7. The van der Waals surface area contributed by atoms with Crippen LogP contribution in [0.4, 0.5) is 0 Å². The lowest BCUT2D eigenvalue weighted by Crippen LogP contribution is -2.17. The zero-order valence-corrected chi connectivity index (χ0v) is 14.8. The first kappa shape index (κ1) is 17.9. The van der Waals surface area contributed by atoms with Gasteiger partial charge in [-0.15, -0.1) is 0 Å². The molecule has 0 aromatic heterocycles. The van der Waals surface area contributed by atoms with Crippen LogP contribution in [0.25, 0.3) is 0 Å². The fourth-order valence-corrected chi connectivity index (χ4v) is 2.96. The Balaban J connectivity index is 2.59. The van der Waals surface area contributed by atoms with Crippen molar-refractivity contribution in [2.45, 2.75) is 26.2 Å². The molecule has 1 atom stereocenters. The summed E-state index contributed by atoms with van der Waals surface area (Å²) in [7, 11) is 4.73. The van der Waals surface area contributed by atoms with Crippen LogP contribution in [0, 0.1) is 0 Å². The summed E-state index contributed by atoms with van der Waals surface area (Å²) < 4.78 is 21.8. The Bertz CT molecular complexity index is 673. The lowest BCUT2D eigenvalue weighted by molar-refractivity contribution is -0.112. The van der Waals surface area contributed by atoms with Gasteiger partial charge in [0, 0.05) is 17.1 Å². The fraction of sp³-hybridized carbons (Fsp3) is 0.421. The molecule has 0 fully saturated rings. The Morgan fingerprint density at radius 2 is 1.83 bits per heavy atom. The number of benzene rings is 1. The number of hydrogen-bond acceptors (Lipinski definition) is 5. The highest BCUT2D eigenvalue weighted by atomic mass is 16.5. The first-order valence-corrected chi connectivity index (χ1v) is 7.89. The van der Waals surface area contributed by atoms with E-state index in [4.69, 9.17) is 18.9 Å². The Labute approximate surface area is 142 Å². The van der Waals surface area contributed by atoms with Crippen LogP contribution >= 0.6 is 0 Å². The van der Waals surface area contributed by atoms with E-state index >= 15 is 0 Å². The van der Waals surface area contributed by atoms with E-state index in [0.717, 1.165) is 17.6 Å². The average Bonchev–Trinajstić information content (AvgIpc) is 2.58. The van der Waals surface area contributed by atoms with Crippen LogP contribution in [0.5, 0.6) is 17.2 Å². The largest absolute Gasteiger partial charge is 0.501 e. The van der Waals surface area contributed by atoms with Crippen molar-refractivity contribution >= 4 is 5.78 Å². The second-order valence-electron chi connectivity index (χ2n) is 5.56. The molecule has 0 aliphatic heterocycles. The smallest absolute Gasteiger partial charge is 0.203 e. The highest BCUT2D eigenvalue weighted by Gasteiger charge is 2.31. The van der Waals surface area contributed by atoms with Crippen LogP contribution in [0.1, 0.15) is 31.7 Å². The monoisotopic (exact) mass is 332 g/mol. The molecule has 0 spiro atoms. The van der Waals surface area contributed by atoms with Crippen molar-refractivity contribution in [1.29, 1.82) is 0 Å². The molecule has 2 rings (SSSR count). The maximum atomic E-state index is 12.5. The molecule has 1 aliphatic carbocycles. The minimum absolute atomic E-state index is 0.0333. The molecule has 0 N–H and O–H groups in total. The molecule has 1 aliphatic rings. The van der Waals surface area contributed by atoms with E-state index in [1.54, 1.807) is 33.7 Å². The van der Waals surface area contributed by atoms with Crippen LogP contribution in [0.2, 0.25) is 0 Å². The number of rotatable bonds is 6. The Hall–Kier alpha value is -2.43. The highest BCUT2D eigenvalue weighted by molar-refractivity contribution is 6.06. The summed E-state index contributed by atoms with van der Waals surface area (Å²) >= 11 is 0. The van der Waals surface area contributed by atoms with Gasteiger partial charge in [0.05, 0.1) is 34.2 Å². The molecule has 5 heteroatoms. The number of hydrogen-bond donors (Lipinski definition) is 0. The van der Waals surface area contributed by atoms with Crippen LogP contribution in [-0.4, -0.2) is 33.7 Å². The topological polar surface area (TPSA) is 54.0 Å². The van der Waals surface area contributed by atoms with Gasteiger partial charge in [0.1, 0.15) is 0 Å². The summed E-state index contributed by atoms with van der Waals surface area (Å²) in [5.41, 5.74) is 2.52. The predicted octanol–water partition coefficient (Wildman–Crippen LogP) is 3.64. The van der Waals surface area contributed by atoms with Gasteiger partial charge in [-0.2, -0.15) is 0 Å². The van der Waals surface area contributed by atoms with Gasteiger partial charge < -0.3 is 18.9 Å². The molecule has 0 saturated carbocycles. The summed E-state index contributed by atoms with van der Waals surface area (Å²) in [5, 5.41) is 0. The second kappa shape index (κ2) is 7.90. The van der Waals surface area contributed by atoms with Crippen molar-refractivity contribution in [3.8, 4) is 17.2 Å². The minimum Gasteiger partial charge on any atom is -0.501 e. The second-order valence-corrected chi connectivity index (χ2v) is 5.56. The van der Waals surface area contributed by atoms with E-state index in [9.17, 15) is 4.79 Å². The van der Waals surface area contributed by atoms with E-state index < -0.39 is 0 Å². The van der Waals surface area contributed by atoms with Gasteiger partial charge >= 0.3 is 0 Å². The van der Waals surface area contributed by atoms with E-state index in [-0.39, 0.29) is 11.7 Å². The summed E-state index contributed by atoms with van der Waals surface area (Å²) in [6.45, 7) is 4.35. The van der Waals surface area contributed by atoms with E-state index in [2.05, 4.69) is 0 Å². The molecule has 24 heavy (non-hydrogen) atoms. The first-order chi connectivity index (χ1) is 11.6. The SMILES string of the molecule is CCO/C=C1/C(=O)C=C(C)C[C@@H]1c1ccc(OC)c(OC)c1OC. The van der Waals surface area contributed by atoms with Crippen molar-refractivity contribution in [1.82, 2.24) is 0 Å². The molecule has 130 valence electrons. The van der Waals surface area contributed by atoms with Crippen LogP contribution in [-0.2, 0) is 9.53 Å². The number of allylic oxidation sites excluding steroid dienone is 3.